The molecule has 0 radical (unpaired) electrons. The van der Waals surface area contributed by atoms with Crippen molar-refractivity contribution < 1.29 is 4.79 Å². The zero-order chi connectivity index (χ0) is 19.4. The van der Waals surface area contributed by atoms with E-state index in [4.69, 9.17) is 11.6 Å². The van der Waals surface area contributed by atoms with E-state index in [1.807, 2.05) is 4.68 Å². The van der Waals surface area contributed by atoms with Gasteiger partial charge in [0.25, 0.3) is 0 Å². The van der Waals surface area contributed by atoms with Gasteiger partial charge in [0.2, 0.25) is 11.2 Å². The van der Waals surface area contributed by atoms with E-state index in [0.717, 1.165) is 49.9 Å². The van der Waals surface area contributed by atoms with Crippen LogP contribution in [0.1, 0.15) is 77.0 Å². The maximum atomic E-state index is 14.0. The highest BCUT2D eigenvalue weighted by atomic mass is 35.5. The van der Waals surface area contributed by atoms with E-state index >= 15 is 0 Å². The number of hydrogen-bond acceptors (Lipinski definition) is 3. The summed E-state index contributed by atoms with van der Waals surface area (Å²) in [6.07, 6.45) is 16.4. The third kappa shape index (κ3) is 2.49. The number of hydrogen-bond donors (Lipinski definition) is 1. The van der Waals surface area contributed by atoms with E-state index in [0.29, 0.717) is 23.0 Å². The summed E-state index contributed by atoms with van der Waals surface area (Å²) in [6, 6.07) is 0. The van der Waals surface area contributed by atoms with Crippen molar-refractivity contribution in [2.75, 3.05) is 0 Å². The molecule has 1 aromatic heterocycles. The number of carbonyl (C=O) groups is 1. The topological polar surface area (TPSA) is 59.8 Å². The summed E-state index contributed by atoms with van der Waals surface area (Å²) in [5.74, 6) is 4.25. The van der Waals surface area contributed by atoms with E-state index in [-0.39, 0.29) is 16.5 Å². The van der Waals surface area contributed by atoms with Gasteiger partial charge in [-0.25, -0.2) is 9.67 Å². The summed E-state index contributed by atoms with van der Waals surface area (Å²) >= 11 is 6.08. The molecule has 1 heterocycles. The monoisotopic (exact) mass is 414 g/mol. The lowest BCUT2D eigenvalue weighted by Crippen LogP contribution is -2.66. The van der Waals surface area contributed by atoms with Crippen LogP contribution in [0.4, 0.5) is 0 Å². The Hall–Kier alpha value is -1.10. The fraction of sp³-hybridized carbons (Fsp3) is 0.870. The lowest BCUT2D eigenvalue weighted by atomic mass is 9.46. The van der Waals surface area contributed by atoms with Crippen molar-refractivity contribution in [3.05, 3.63) is 11.6 Å². The van der Waals surface area contributed by atoms with E-state index in [1.165, 1.54) is 44.9 Å². The summed E-state index contributed by atoms with van der Waals surface area (Å²) in [7, 11) is 0. The minimum absolute atomic E-state index is 0.0525. The first-order chi connectivity index (χ1) is 13.9. The van der Waals surface area contributed by atoms with Crippen LogP contribution in [-0.2, 0) is 10.3 Å². The number of carbonyl (C=O) groups excluding carboxylic acids is 1. The molecule has 5 nitrogen and oxygen atoms in total. The van der Waals surface area contributed by atoms with Crippen molar-refractivity contribution in [2.45, 2.75) is 88.1 Å². The second kappa shape index (κ2) is 5.57. The van der Waals surface area contributed by atoms with Crippen molar-refractivity contribution in [3.8, 4) is 0 Å². The number of rotatable bonds is 3. The van der Waals surface area contributed by atoms with Gasteiger partial charge in [-0.15, -0.1) is 5.10 Å². The van der Waals surface area contributed by atoms with Crippen LogP contribution in [0.25, 0.3) is 0 Å². The molecule has 2 unspecified atom stereocenters. The van der Waals surface area contributed by atoms with Crippen LogP contribution < -0.4 is 5.32 Å². The number of nitrogens with zero attached hydrogens (tertiary/aromatic N) is 3. The van der Waals surface area contributed by atoms with Gasteiger partial charge in [0.15, 0.2) is 0 Å². The Kier molecular flexibility index (Phi) is 3.38. The lowest BCUT2D eigenvalue weighted by molar-refractivity contribution is -0.161. The molecule has 8 saturated carbocycles. The third-order valence-electron chi connectivity index (χ3n) is 9.88. The summed E-state index contributed by atoms with van der Waals surface area (Å²) < 4.78 is 2.03. The van der Waals surface area contributed by atoms with Gasteiger partial charge < -0.3 is 5.32 Å². The smallest absolute Gasteiger partial charge is 0.242 e. The minimum Gasteiger partial charge on any atom is -0.350 e. The molecule has 1 N–H and O–H groups in total. The van der Waals surface area contributed by atoms with Crippen molar-refractivity contribution >= 4 is 17.5 Å². The molecule has 8 bridgehead atoms. The standard InChI is InChI=1S/C23H31ClN4O/c24-20-25-13-28(27-20)23-10-17-4-18(11-23)6-21(5-17,12-23)19(29)26-22-7-14-1-15(8-22)3-16(2-14)9-22/h13-18H,1-12H2,(H,26,29)/t14?,15?,16?,17-,18+,21?,22?,23?. The molecule has 0 aliphatic heterocycles. The highest BCUT2D eigenvalue weighted by molar-refractivity contribution is 6.28. The van der Waals surface area contributed by atoms with Gasteiger partial charge >= 0.3 is 0 Å². The van der Waals surface area contributed by atoms with Crippen LogP contribution in [0.2, 0.25) is 5.28 Å². The summed E-state index contributed by atoms with van der Waals surface area (Å²) in [4.78, 5) is 18.2. The molecule has 8 aliphatic rings. The Balaban J connectivity index is 1.20. The van der Waals surface area contributed by atoms with E-state index < -0.39 is 0 Å². The van der Waals surface area contributed by atoms with Gasteiger partial charge in [0.1, 0.15) is 6.33 Å². The maximum absolute atomic E-state index is 14.0. The zero-order valence-electron chi connectivity index (χ0n) is 17.1. The first kappa shape index (κ1) is 17.6. The summed E-state index contributed by atoms with van der Waals surface area (Å²) in [5.41, 5.74) is -0.145. The SMILES string of the molecule is O=C(NC12CC3CC(CC(C3)C1)C2)C12C[C@H]3C[C@@H](C1)CC(n1cnc(Cl)n1)(C3)C2. The number of halogens is 1. The molecule has 0 spiro atoms. The summed E-state index contributed by atoms with van der Waals surface area (Å²) in [5, 5.41) is 8.58. The molecular weight excluding hydrogens is 384 g/mol. The van der Waals surface area contributed by atoms with Crippen molar-refractivity contribution in [1.29, 1.82) is 0 Å². The van der Waals surface area contributed by atoms with Gasteiger partial charge in [-0.05, 0) is 118 Å². The Labute approximate surface area is 177 Å². The zero-order valence-corrected chi connectivity index (χ0v) is 17.8. The maximum Gasteiger partial charge on any atom is 0.242 e. The second-order valence-electron chi connectivity index (χ2n) is 12.1. The summed E-state index contributed by atoms with van der Waals surface area (Å²) in [6.45, 7) is 0. The Morgan fingerprint density at radius 3 is 2.07 bits per heavy atom. The number of amides is 1. The van der Waals surface area contributed by atoms with Crippen molar-refractivity contribution in [2.24, 2.45) is 35.0 Å². The van der Waals surface area contributed by atoms with Crippen LogP contribution in [0.15, 0.2) is 6.33 Å². The van der Waals surface area contributed by atoms with Gasteiger partial charge in [-0.3, -0.25) is 4.79 Å². The molecule has 9 rings (SSSR count). The molecule has 156 valence electrons. The predicted octanol–water partition coefficient (Wildman–Crippen LogP) is 4.31. The molecule has 4 atom stereocenters. The lowest BCUT2D eigenvalue weighted by Gasteiger charge is -2.62. The molecule has 6 heteroatoms. The van der Waals surface area contributed by atoms with Crippen LogP contribution in [-0.4, -0.2) is 26.2 Å². The van der Waals surface area contributed by atoms with Crippen LogP contribution >= 0.6 is 11.6 Å². The fourth-order valence-corrected chi connectivity index (χ4v) is 9.98. The molecule has 1 amide bonds. The predicted molar refractivity (Wildman–Crippen MR) is 109 cm³/mol. The van der Waals surface area contributed by atoms with Crippen LogP contribution in [0.3, 0.4) is 0 Å². The molecule has 1 aromatic rings. The van der Waals surface area contributed by atoms with Gasteiger partial charge in [0.05, 0.1) is 11.0 Å². The van der Waals surface area contributed by atoms with Crippen molar-refractivity contribution in [1.82, 2.24) is 20.1 Å². The Bertz CT molecular complexity index is 829. The van der Waals surface area contributed by atoms with Gasteiger partial charge in [0, 0.05) is 5.54 Å². The number of aromatic nitrogens is 3. The Morgan fingerprint density at radius 2 is 1.52 bits per heavy atom. The third-order valence-corrected chi connectivity index (χ3v) is 10.1. The highest BCUT2D eigenvalue weighted by Gasteiger charge is 2.63. The molecule has 8 aliphatic carbocycles. The van der Waals surface area contributed by atoms with Gasteiger partial charge in [-0.1, -0.05) is 0 Å². The molecule has 0 aromatic carbocycles. The molecule has 8 fully saturated rings. The average Bonchev–Trinajstić information content (AvgIpc) is 3.06. The molecule has 29 heavy (non-hydrogen) atoms. The first-order valence-corrected chi connectivity index (χ1v) is 12.2. The Morgan fingerprint density at radius 1 is 0.931 bits per heavy atom. The van der Waals surface area contributed by atoms with Crippen LogP contribution in [0, 0.1) is 35.0 Å². The first-order valence-electron chi connectivity index (χ1n) is 11.8. The minimum atomic E-state index is -0.203. The molecule has 0 saturated heterocycles. The molecular formula is C23H31ClN4O. The van der Waals surface area contributed by atoms with Crippen molar-refractivity contribution in [3.63, 3.8) is 0 Å². The van der Waals surface area contributed by atoms with Crippen LogP contribution in [0.5, 0.6) is 0 Å². The second-order valence-corrected chi connectivity index (χ2v) is 12.4. The van der Waals surface area contributed by atoms with Gasteiger partial charge in [-0.2, -0.15) is 0 Å². The quantitative estimate of drug-likeness (QED) is 0.801. The van der Waals surface area contributed by atoms with E-state index in [9.17, 15) is 4.79 Å². The van der Waals surface area contributed by atoms with E-state index in [1.54, 1.807) is 6.33 Å². The number of nitrogens with one attached hydrogen (secondary N) is 1. The normalized spacial score (nSPS) is 51.6. The van der Waals surface area contributed by atoms with E-state index in [2.05, 4.69) is 15.4 Å². The fourth-order valence-electron chi connectivity index (χ4n) is 9.86. The largest absolute Gasteiger partial charge is 0.350 e. The highest BCUT2D eigenvalue weighted by Crippen LogP contribution is 2.65. The average molecular weight is 415 g/mol.